The van der Waals surface area contributed by atoms with Crippen molar-refractivity contribution >= 4 is 28.5 Å². The molecule has 12 aromatic rings. The molecular weight excluding hydrogens is 1070 g/mol. The summed E-state index contributed by atoms with van der Waals surface area (Å²) in [5.41, 5.74) is 23.2. The Bertz CT molecular complexity index is 4150. The summed E-state index contributed by atoms with van der Waals surface area (Å²) in [6, 6.07) is 91.5. The van der Waals surface area contributed by atoms with Crippen LogP contribution in [-0.2, 0) is 10.8 Å². The van der Waals surface area contributed by atoms with Crippen LogP contribution >= 0.6 is 15.9 Å². The van der Waals surface area contributed by atoms with Crippen molar-refractivity contribution in [1.29, 1.82) is 0 Å². The highest BCUT2D eigenvalue weighted by Crippen LogP contribution is 2.50. The predicted molar refractivity (Wildman–Crippen MR) is 341 cm³/mol. The van der Waals surface area contributed by atoms with Gasteiger partial charge in [-0.05, 0) is 97.5 Å². The molecule has 8 heteroatoms. The predicted octanol–water partition coefficient (Wildman–Crippen LogP) is 17.4. The minimum atomic E-state index is -1.41. The van der Waals surface area contributed by atoms with Gasteiger partial charge in [0.2, 0.25) is 0 Å². The molecule has 6 nitrogen and oxygen atoms in total. The fourth-order valence-corrected chi connectivity index (χ4v) is 11.8. The van der Waals surface area contributed by atoms with Crippen molar-refractivity contribution in [2.75, 3.05) is 0 Å². The second-order valence-corrected chi connectivity index (χ2v) is 22.7. The lowest BCUT2D eigenvalue weighted by molar-refractivity contribution is 0.425. The van der Waals surface area contributed by atoms with Gasteiger partial charge in [-0.15, -0.1) is 0 Å². The molecule has 0 spiro atoms. The van der Waals surface area contributed by atoms with Crippen molar-refractivity contribution in [3.8, 4) is 101 Å². The molecule has 0 bridgehead atoms. The summed E-state index contributed by atoms with van der Waals surface area (Å²) in [6.07, 6.45) is 0. The molecule has 396 valence electrons. The van der Waals surface area contributed by atoms with Crippen LogP contribution in [0.1, 0.15) is 49.9 Å². The Labute approximate surface area is 488 Å². The maximum Gasteiger partial charge on any atom is 0.488 e. The van der Waals surface area contributed by atoms with Gasteiger partial charge in [-0.25, -0.2) is 19.9 Å². The number of rotatable bonds is 8. The third-order valence-electron chi connectivity index (χ3n) is 15.8. The van der Waals surface area contributed by atoms with Crippen molar-refractivity contribution in [2.45, 2.75) is 38.5 Å². The molecule has 0 atom stereocenters. The van der Waals surface area contributed by atoms with Gasteiger partial charge in [0, 0.05) is 48.7 Å². The molecular formula is C74H58BBrN4O2. The van der Waals surface area contributed by atoms with Gasteiger partial charge in [0.05, 0.1) is 22.8 Å². The second kappa shape index (κ2) is 22.8. The van der Waals surface area contributed by atoms with E-state index < -0.39 is 7.12 Å². The standard InChI is InChI=1S/C37H28N2.C22H15BrN2.C15H15BO2/c1-37(2)32-19-10-9-18-30(32)31-23-28(20-21-33(31)37)27-16-11-17-29(22-27)36-38-34(25-12-5-3-6-13-25)24-35(39-36)26-14-7-4-8-15-26;23-19-13-7-12-18(14-19)22-24-20(16-8-3-1-4-9-16)15-21(25-22)17-10-5-2-6-11-17;1-15(2)13-6-4-3-5-11(13)12-9-10(16(17)18)7-8-14(12)15/h3-24H,1-2H3;1-15H;3-9,17-18H,1-2H3. The Morgan fingerprint density at radius 3 is 1.07 bits per heavy atom. The number of aromatic nitrogens is 4. The molecule has 0 saturated carbocycles. The van der Waals surface area contributed by atoms with Crippen molar-refractivity contribution in [1.82, 2.24) is 19.9 Å². The third-order valence-corrected chi connectivity index (χ3v) is 16.2. The van der Waals surface area contributed by atoms with Crippen LogP contribution in [0, 0.1) is 0 Å². The largest absolute Gasteiger partial charge is 0.488 e. The summed E-state index contributed by atoms with van der Waals surface area (Å²) < 4.78 is 1.01. The van der Waals surface area contributed by atoms with E-state index >= 15 is 0 Å². The molecule has 82 heavy (non-hydrogen) atoms. The van der Waals surface area contributed by atoms with Crippen molar-refractivity contribution in [3.63, 3.8) is 0 Å². The van der Waals surface area contributed by atoms with Crippen LogP contribution in [0.25, 0.3) is 101 Å². The van der Waals surface area contributed by atoms with E-state index in [1.54, 1.807) is 6.07 Å². The first-order valence-electron chi connectivity index (χ1n) is 27.6. The zero-order chi connectivity index (χ0) is 56.4. The molecule has 2 N–H and O–H groups in total. The number of hydrogen-bond donors (Lipinski definition) is 2. The van der Waals surface area contributed by atoms with E-state index in [1.165, 1.54) is 44.5 Å². The fourth-order valence-electron chi connectivity index (χ4n) is 11.4. The first-order chi connectivity index (χ1) is 39.9. The van der Waals surface area contributed by atoms with E-state index in [2.05, 4.69) is 177 Å². The van der Waals surface area contributed by atoms with E-state index in [9.17, 15) is 10.0 Å². The van der Waals surface area contributed by atoms with Gasteiger partial charge in [-0.1, -0.05) is 274 Å². The molecule has 0 aliphatic heterocycles. The zero-order valence-electron chi connectivity index (χ0n) is 46.0. The smallest absolute Gasteiger partial charge is 0.423 e. The second-order valence-electron chi connectivity index (χ2n) is 21.8. The quantitative estimate of drug-likeness (QED) is 0.147. The van der Waals surface area contributed by atoms with Gasteiger partial charge in [0.1, 0.15) is 0 Å². The molecule has 0 saturated heterocycles. The average Bonchev–Trinajstić information content (AvgIpc) is 4.00. The molecule has 0 radical (unpaired) electrons. The van der Waals surface area contributed by atoms with Gasteiger partial charge >= 0.3 is 7.12 Å². The van der Waals surface area contributed by atoms with Crippen LogP contribution in [0.3, 0.4) is 0 Å². The third kappa shape index (κ3) is 10.8. The molecule has 2 aromatic heterocycles. The molecule has 2 aliphatic rings. The lowest BCUT2D eigenvalue weighted by Gasteiger charge is -2.21. The van der Waals surface area contributed by atoms with Crippen LogP contribution in [0.5, 0.6) is 0 Å². The van der Waals surface area contributed by atoms with E-state index in [1.807, 2.05) is 127 Å². The van der Waals surface area contributed by atoms with Crippen LogP contribution in [0.2, 0.25) is 0 Å². The summed E-state index contributed by atoms with van der Waals surface area (Å²) in [5.74, 6) is 1.45. The summed E-state index contributed by atoms with van der Waals surface area (Å²) in [4.78, 5) is 19.7. The number of hydrogen-bond acceptors (Lipinski definition) is 6. The van der Waals surface area contributed by atoms with E-state index in [-0.39, 0.29) is 10.8 Å². The Balaban J connectivity index is 0.000000132. The maximum absolute atomic E-state index is 9.29. The highest BCUT2D eigenvalue weighted by molar-refractivity contribution is 9.10. The molecule has 10 aromatic carbocycles. The first kappa shape index (κ1) is 53.5. The van der Waals surface area contributed by atoms with Gasteiger partial charge in [0.25, 0.3) is 0 Å². The van der Waals surface area contributed by atoms with Gasteiger partial charge in [-0.2, -0.15) is 0 Å². The van der Waals surface area contributed by atoms with E-state index in [0.29, 0.717) is 5.46 Å². The van der Waals surface area contributed by atoms with Crippen LogP contribution < -0.4 is 5.46 Å². The number of benzene rings is 10. The molecule has 0 fully saturated rings. The minimum absolute atomic E-state index is 0.00582. The Kier molecular flexibility index (Phi) is 14.8. The highest BCUT2D eigenvalue weighted by atomic mass is 79.9. The summed E-state index contributed by atoms with van der Waals surface area (Å²) in [5, 5.41) is 18.6. The van der Waals surface area contributed by atoms with Crippen LogP contribution in [0.15, 0.2) is 271 Å². The van der Waals surface area contributed by atoms with Crippen LogP contribution in [0.4, 0.5) is 0 Å². The summed E-state index contributed by atoms with van der Waals surface area (Å²) in [7, 11) is -1.41. The Morgan fingerprint density at radius 1 is 0.293 bits per heavy atom. The molecule has 0 unspecified atom stereocenters. The highest BCUT2D eigenvalue weighted by Gasteiger charge is 2.36. The average molecular weight is 1130 g/mol. The van der Waals surface area contributed by atoms with Crippen molar-refractivity contribution in [3.05, 3.63) is 294 Å². The topological polar surface area (TPSA) is 92.0 Å². The number of halogens is 1. The molecule has 2 aliphatic carbocycles. The van der Waals surface area contributed by atoms with E-state index in [0.717, 1.165) is 83.4 Å². The molecule has 14 rings (SSSR count). The van der Waals surface area contributed by atoms with Gasteiger partial charge in [0.15, 0.2) is 11.6 Å². The number of nitrogens with zero attached hydrogens (tertiary/aromatic N) is 4. The molecule has 2 heterocycles. The summed E-state index contributed by atoms with van der Waals surface area (Å²) >= 11 is 3.53. The van der Waals surface area contributed by atoms with Gasteiger partial charge in [-0.3, -0.25) is 0 Å². The zero-order valence-corrected chi connectivity index (χ0v) is 47.6. The fraction of sp³-hybridized carbons (Fsp3) is 0.0811. The van der Waals surface area contributed by atoms with Crippen LogP contribution in [-0.4, -0.2) is 37.1 Å². The van der Waals surface area contributed by atoms with E-state index in [4.69, 9.17) is 19.9 Å². The monoisotopic (exact) mass is 1120 g/mol. The lowest BCUT2D eigenvalue weighted by atomic mass is 9.77. The maximum atomic E-state index is 9.29. The van der Waals surface area contributed by atoms with Crippen molar-refractivity contribution in [2.24, 2.45) is 0 Å². The minimum Gasteiger partial charge on any atom is -0.423 e. The normalized spacial score (nSPS) is 12.8. The SMILES string of the molecule is Brc1cccc(-c2nc(-c3ccccc3)cc(-c3ccccc3)n2)c1.CC1(C)c2ccccc2-c2cc(-c3cccc(-c4nc(-c5ccccc5)cc(-c5ccccc5)n4)c3)ccc21.CC1(C)c2ccccc2-c2cc(B(O)O)ccc21. The number of fused-ring (bicyclic) bond motifs is 6. The lowest BCUT2D eigenvalue weighted by Crippen LogP contribution is -2.30. The Morgan fingerprint density at radius 2 is 0.634 bits per heavy atom. The van der Waals surface area contributed by atoms with Crippen molar-refractivity contribution < 1.29 is 10.0 Å². The summed E-state index contributed by atoms with van der Waals surface area (Å²) in [6.45, 7) is 9.04. The Hall–Kier alpha value is -9.18. The van der Waals surface area contributed by atoms with Gasteiger partial charge < -0.3 is 10.0 Å². The molecule has 0 amide bonds. The first-order valence-corrected chi connectivity index (χ1v) is 28.4.